The molecular weight excluding hydrogens is 204 g/mol. The predicted octanol–water partition coefficient (Wildman–Crippen LogP) is 1.33. The third-order valence-corrected chi connectivity index (χ3v) is 2.73. The summed E-state index contributed by atoms with van der Waals surface area (Å²) in [6.45, 7) is 1.54. The van der Waals surface area contributed by atoms with Crippen LogP contribution in [0.5, 0.6) is 0 Å². The normalized spacial score (nSPS) is 18.2. The van der Waals surface area contributed by atoms with E-state index >= 15 is 0 Å². The quantitative estimate of drug-likeness (QED) is 0.711. The zero-order valence-electron chi connectivity index (χ0n) is 8.42. The first-order valence-corrected chi connectivity index (χ1v) is 5.17. The van der Waals surface area contributed by atoms with E-state index in [0.29, 0.717) is 0 Å². The highest BCUT2D eigenvalue weighted by Gasteiger charge is 2.26. The van der Waals surface area contributed by atoms with Gasteiger partial charge in [0.2, 0.25) is 5.91 Å². The third-order valence-electron chi connectivity index (χ3n) is 2.53. The number of halogens is 1. The van der Waals surface area contributed by atoms with Crippen molar-refractivity contribution in [2.24, 2.45) is 0 Å². The van der Waals surface area contributed by atoms with E-state index < -0.39 is 11.3 Å². The van der Waals surface area contributed by atoms with Crippen LogP contribution in [0.3, 0.4) is 0 Å². The van der Waals surface area contributed by atoms with Crippen molar-refractivity contribution >= 4 is 23.5 Å². The van der Waals surface area contributed by atoms with Gasteiger partial charge in [-0.1, -0.05) is 0 Å². The molecule has 1 N–H and O–H groups in total. The average molecular weight is 219 g/mol. The van der Waals surface area contributed by atoms with Crippen LogP contribution in [0.25, 0.3) is 0 Å². The Kier molecular flexibility index (Phi) is 3.75. The maximum atomic E-state index is 11.4. The predicted molar refractivity (Wildman–Crippen MR) is 54.3 cm³/mol. The highest BCUT2D eigenvalue weighted by Crippen LogP contribution is 2.23. The number of imide groups is 1. The molecule has 1 unspecified atom stereocenters. The van der Waals surface area contributed by atoms with Crippen molar-refractivity contribution in [1.29, 1.82) is 0 Å². The summed E-state index contributed by atoms with van der Waals surface area (Å²) in [5, 5.41) is 1.57. The molecule has 80 valence electrons. The molecule has 14 heavy (non-hydrogen) atoms. The van der Waals surface area contributed by atoms with Crippen molar-refractivity contribution in [2.75, 3.05) is 7.05 Å². The van der Waals surface area contributed by atoms with Gasteiger partial charge in [0.25, 0.3) is 0 Å². The van der Waals surface area contributed by atoms with Crippen molar-refractivity contribution < 1.29 is 9.59 Å². The molecule has 0 aromatic rings. The Bertz CT molecular complexity index is 239. The van der Waals surface area contributed by atoms with Crippen LogP contribution in [0.1, 0.15) is 26.2 Å². The lowest BCUT2D eigenvalue weighted by Crippen LogP contribution is -2.49. The molecule has 0 radical (unpaired) electrons. The first-order chi connectivity index (χ1) is 6.52. The van der Waals surface area contributed by atoms with Crippen LogP contribution in [0.4, 0.5) is 4.79 Å². The Morgan fingerprint density at radius 3 is 2.43 bits per heavy atom. The van der Waals surface area contributed by atoms with Crippen molar-refractivity contribution in [2.45, 2.75) is 37.6 Å². The second kappa shape index (κ2) is 4.64. The molecular formula is C9H15ClN2O2. The molecule has 1 atom stereocenters. The summed E-state index contributed by atoms with van der Waals surface area (Å²) in [5.41, 5.74) is 0. The van der Waals surface area contributed by atoms with Crippen molar-refractivity contribution in [1.82, 2.24) is 10.2 Å². The lowest BCUT2D eigenvalue weighted by atomic mass is 9.92. The Hall–Kier alpha value is -0.770. The summed E-state index contributed by atoms with van der Waals surface area (Å²) in [6, 6.07) is -0.0689. The minimum atomic E-state index is -0.672. The largest absolute Gasteiger partial charge is 0.325 e. The standard InChI is InChI=1S/C9H15ClN2O2/c1-6(10)8(13)11-9(14)12(2)7-4-3-5-7/h6-7H,3-5H2,1-2H3,(H,11,13,14). The van der Waals surface area contributed by atoms with Gasteiger partial charge >= 0.3 is 6.03 Å². The maximum absolute atomic E-state index is 11.4. The van der Waals surface area contributed by atoms with Gasteiger partial charge in [-0.2, -0.15) is 0 Å². The number of hydrogen-bond acceptors (Lipinski definition) is 2. The van der Waals surface area contributed by atoms with E-state index in [9.17, 15) is 9.59 Å². The summed E-state index contributed by atoms with van der Waals surface area (Å²) in [5.74, 6) is -0.442. The number of nitrogens with zero attached hydrogens (tertiary/aromatic N) is 1. The highest BCUT2D eigenvalue weighted by atomic mass is 35.5. The third kappa shape index (κ3) is 2.61. The molecule has 1 aliphatic carbocycles. The first kappa shape index (κ1) is 11.3. The van der Waals surface area contributed by atoms with Gasteiger partial charge in [0.15, 0.2) is 0 Å². The molecule has 0 aromatic carbocycles. The van der Waals surface area contributed by atoms with Gasteiger partial charge in [-0.25, -0.2) is 4.79 Å². The van der Waals surface area contributed by atoms with Crippen LogP contribution >= 0.6 is 11.6 Å². The fourth-order valence-corrected chi connectivity index (χ4v) is 1.29. The summed E-state index contributed by atoms with van der Waals surface area (Å²) in [6.07, 6.45) is 3.20. The zero-order valence-corrected chi connectivity index (χ0v) is 9.17. The molecule has 0 heterocycles. The van der Waals surface area contributed by atoms with Crippen LogP contribution in [-0.2, 0) is 4.79 Å². The SMILES string of the molecule is CC(Cl)C(=O)NC(=O)N(C)C1CCC1. The molecule has 1 saturated carbocycles. The molecule has 1 aliphatic rings. The summed E-state index contributed by atoms with van der Waals surface area (Å²) in [4.78, 5) is 24.1. The molecule has 4 nitrogen and oxygen atoms in total. The van der Waals surface area contributed by atoms with Gasteiger partial charge in [-0.05, 0) is 26.2 Å². The second-order valence-corrected chi connectivity index (χ2v) is 4.26. The number of alkyl halides is 1. The summed E-state index contributed by atoms with van der Waals surface area (Å²) >= 11 is 5.52. The summed E-state index contributed by atoms with van der Waals surface area (Å²) < 4.78 is 0. The van der Waals surface area contributed by atoms with E-state index in [1.54, 1.807) is 11.9 Å². The number of nitrogens with one attached hydrogen (secondary N) is 1. The minimum Gasteiger partial charge on any atom is -0.325 e. The van der Waals surface area contributed by atoms with Gasteiger partial charge in [0.1, 0.15) is 5.38 Å². The van der Waals surface area contributed by atoms with Crippen molar-refractivity contribution in [3.63, 3.8) is 0 Å². The van der Waals surface area contributed by atoms with E-state index in [2.05, 4.69) is 5.32 Å². The molecule has 1 fully saturated rings. The maximum Gasteiger partial charge on any atom is 0.324 e. The molecule has 0 saturated heterocycles. The van der Waals surface area contributed by atoms with Gasteiger partial charge in [-0.15, -0.1) is 11.6 Å². The Balaban J connectivity index is 2.37. The Labute approximate surface area is 88.6 Å². The molecule has 1 rings (SSSR count). The van der Waals surface area contributed by atoms with E-state index in [1.807, 2.05) is 0 Å². The molecule has 0 aliphatic heterocycles. The van der Waals surface area contributed by atoms with Crippen LogP contribution < -0.4 is 5.32 Å². The monoisotopic (exact) mass is 218 g/mol. The van der Waals surface area contributed by atoms with Gasteiger partial charge in [0.05, 0.1) is 0 Å². The van der Waals surface area contributed by atoms with Gasteiger partial charge in [-0.3, -0.25) is 10.1 Å². The van der Waals surface area contributed by atoms with Crippen LogP contribution in [-0.4, -0.2) is 35.3 Å². The van der Waals surface area contributed by atoms with E-state index in [4.69, 9.17) is 11.6 Å². The van der Waals surface area contributed by atoms with Gasteiger partial charge in [0, 0.05) is 13.1 Å². The number of amides is 3. The molecule has 5 heteroatoms. The number of carbonyl (C=O) groups excluding carboxylic acids is 2. The Morgan fingerprint density at radius 2 is 2.07 bits per heavy atom. The number of rotatable bonds is 2. The zero-order chi connectivity index (χ0) is 10.7. The molecule has 3 amide bonds. The lowest BCUT2D eigenvalue weighted by Gasteiger charge is -2.34. The van der Waals surface area contributed by atoms with Crippen molar-refractivity contribution in [3.05, 3.63) is 0 Å². The van der Waals surface area contributed by atoms with Crippen LogP contribution in [0.15, 0.2) is 0 Å². The van der Waals surface area contributed by atoms with Crippen LogP contribution in [0, 0.1) is 0 Å². The minimum absolute atomic E-state index is 0.286. The fraction of sp³-hybridized carbons (Fsp3) is 0.778. The van der Waals surface area contributed by atoms with E-state index in [0.717, 1.165) is 19.3 Å². The fourth-order valence-electron chi connectivity index (χ4n) is 1.23. The first-order valence-electron chi connectivity index (χ1n) is 4.74. The van der Waals surface area contributed by atoms with Crippen molar-refractivity contribution in [3.8, 4) is 0 Å². The second-order valence-electron chi connectivity index (χ2n) is 3.61. The number of urea groups is 1. The molecule has 0 spiro atoms. The lowest BCUT2D eigenvalue weighted by molar-refractivity contribution is -0.119. The van der Waals surface area contributed by atoms with Gasteiger partial charge < -0.3 is 4.90 Å². The molecule has 0 bridgehead atoms. The Morgan fingerprint density at radius 1 is 1.50 bits per heavy atom. The summed E-state index contributed by atoms with van der Waals surface area (Å²) in [7, 11) is 1.70. The van der Waals surface area contributed by atoms with E-state index in [-0.39, 0.29) is 12.1 Å². The number of hydrogen-bond donors (Lipinski definition) is 1. The van der Waals surface area contributed by atoms with Crippen LogP contribution in [0.2, 0.25) is 0 Å². The number of carbonyl (C=O) groups is 2. The van der Waals surface area contributed by atoms with E-state index in [1.165, 1.54) is 6.92 Å². The average Bonchev–Trinajstić information content (AvgIpc) is 2.00. The topological polar surface area (TPSA) is 49.4 Å². The smallest absolute Gasteiger partial charge is 0.324 e. The molecule has 0 aromatic heterocycles. The highest BCUT2D eigenvalue weighted by molar-refractivity contribution is 6.31.